The molecule has 0 aliphatic rings. The topological polar surface area (TPSA) is 38.3 Å². The number of carbonyl (C=O) groups is 1. The molecule has 0 fully saturated rings. The van der Waals surface area contributed by atoms with Crippen LogP contribution >= 0.6 is 11.6 Å². The molecule has 0 radical (unpaired) electrons. The van der Waals surface area contributed by atoms with Crippen molar-refractivity contribution in [3.05, 3.63) is 58.6 Å². The van der Waals surface area contributed by atoms with Gasteiger partial charge in [-0.25, -0.2) is 0 Å². The number of anilines is 1. The Labute approximate surface area is 117 Å². The Morgan fingerprint density at radius 2 is 1.84 bits per heavy atom. The Balaban J connectivity index is 2.44. The van der Waals surface area contributed by atoms with Gasteiger partial charge in [-0.2, -0.15) is 0 Å². The highest BCUT2D eigenvalue weighted by molar-refractivity contribution is 6.30. The minimum atomic E-state index is -0.0695. The first-order valence-electron chi connectivity index (χ1n) is 5.81. The quantitative estimate of drug-likeness (QED) is 0.866. The highest BCUT2D eigenvalue weighted by Crippen LogP contribution is 2.24. The van der Waals surface area contributed by atoms with E-state index in [0.29, 0.717) is 21.9 Å². The molecule has 0 spiro atoms. The number of ketones is 1. The first-order chi connectivity index (χ1) is 9.15. The summed E-state index contributed by atoms with van der Waals surface area (Å²) in [4.78, 5) is 12.5. The normalized spacial score (nSPS) is 10.1. The molecule has 2 aromatic carbocycles. The lowest BCUT2D eigenvalue weighted by Crippen LogP contribution is -2.05. The zero-order chi connectivity index (χ0) is 13.8. The van der Waals surface area contributed by atoms with E-state index in [4.69, 9.17) is 16.3 Å². The molecule has 4 heteroatoms. The largest absolute Gasteiger partial charge is 0.497 e. The van der Waals surface area contributed by atoms with Crippen molar-refractivity contribution < 1.29 is 9.53 Å². The van der Waals surface area contributed by atoms with Crippen molar-refractivity contribution in [2.75, 3.05) is 19.5 Å². The molecule has 1 N–H and O–H groups in total. The van der Waals surface area contributed by atoms with E-state index in [2.05, 4.69) is 5.32 Å². The lowest BCUT2D eigenvalue weighted by molar-refractivity contribution is 0.103. The molecule has 0 saturated carbocycles. The summed E-state index contributed by atoms with van der Waals surface area (Å²) in [5.41, 5.74) is 1.93. The third-order valence-corrected chi connectivity index (χ3v) is 3.10. The minimum Gasteiger partial charge on any atom is -0.497 e. The van der Waals surface area contributed by atoms with Crippen LogP contribution in [0, 0.1) is 0 Å². The van der Waals surface area contributed by atoms with Crippen LogP contribution < -0.4 is 10.1 Å². The molecule has 98 valence electrons. The standard InChI is InChI=1S/C15H14ClNO2/c1-17-14-8-7-12(19-2)9-13(14)15(18)10-3-5-11(16)6-4-10/h3-9,17H,1-2H3. The Morgan fingerprint density at radius 1 is 1.16 bits per heavy atom. The van der Waals surface area contributed by atoms with Gasteiger partial charge in [0.25, 0.3) is 0 Å². The van der Waals surface area contributed by atoms with Crippen molar-refractivity contribution in [1.82, 2.24) is 0 Å². The van der Waals surface area contributed by atoms with E-state index in [0.717, 1.165) is 5.69 Å². The first kappa shape index (κ1) is 13.4. The Kier molecular flexibility index (Phi) is 4.07. The van der Waals surface area contributed by atoms with Crippen molar-refractivity contribution in [1.29, 1.82) is 0 Å². The summed E-state index contributed by atoms with van der Waals surface area (Å²) in [5, 5.41) is 3.61. The Morgan fingerprint density at radius 3 is 2.42 bits per heavy atom. The van der Waals surface area contributed by atoms with Gasteiger partial charge in [-0.15, -0.1) is 0 Å². The maximum atomic E-state index is 12.5. The van der Waals surface area contributed by atoms with Crippen molar-refractivity contribution >= 4 is 23.1 Å². The predicted molar refractivity (Wildman–Crippen MR) is 77.4 cm³/mol. The van der Waals surface area contributed by atoms with Crippen LogP contribution in [0.25, 0.3) is 0 Å². The van der Waals surface area contributed by atoms with Crippen LogP contribution in [0.15, 0.2) is 42.5 Å². The van der Waals surface area contributed by atoms with Gasteiger partial charge < -0.3 is 10.1 Å². The van der Waals surface area contributed by atoms with Crippen molar-refractivity contribution in [2.24, 2.45) is 0 Å². The molecule has 0 heterocycles. The van der Waals surface area contributed by atoms with Crippen molar-refractivity contribution in [2.45, 2.75) is 0 Å². The minimum absolute atomic E-state index is 0.0695. The summed E-state index contributed by atoms with van der Waals surface area (Å²) < 4.78 is 5.16. The van der Waals surface area contributed by atoms with Gasteiger partial charge in [0.2, 0.25) is 0 Å². The number of benzene rings is 2. The molecule has 2 rings (SSSR count). The second kappa shape index (κ2) is 5.76. The summed E-state index contributed by atoms with van der Waals surface area (Å²) >= 11 is 5.82. The first-order valence-corrected chi connectivity index (χ1v) is 6.19. The number of methoxy groups -OCH3 is 1. The van der Waals surface area contributed by atoms with E-state index < -0.39 is 0 Å². The van der Waals surface area contributed by atoms with Gasteiger partial charge in [-0.05, 0) is 42.5 Å². The second-order valence-corrected chi connectivity index (χ2v) is 4.43. The fraction of sp³-hybridized carbons (Fsp3) is 0.133. The van der Waals surface area contributed by atoms with Crippen LogP contribution in [0.5, 0.6) is 5.75 Å². The predicted octanol–water partition coefficient (Wildman–Crippen LogP) is 3.62. The highest BCUT2D eigenvalue weighted by Gasteiger charge is 2.14. The third-order valence-electron chi connectivity index (χ3n) is 2.85. The van der Waals surface area contributed by atoms with Gasteiger partial charge in [0, 0.05) is 28.9 Å². The van der Waals surface area contributed by atoms with Crippen LogP contribution in [0.1, 0.15) is 15.9 Å². The Bertz CT molecular complexity index is 594. The van der Waals surface area contributed by atoms with Gasteiger partial charge in [0.15, 0.2) is 5.78 Å². The summed E-state index contributed by atoms with van der Waals surface area (Å²) in [7, 11) is 3.35. The fourth-order valence-electron chi connectivity index (χ4n) is 1.81. The monoisotopic (exact) mass is 275 g/mol. The number of ether oxygens (including phenoxy) is 1. The molecular formula is C15H14ClNO2. The number of carbonyl (C=O) groups excluding carboxylic acids is 1. The molecule has 0 amide bonds. The fourth-order valence-corrected chi connectivity index (χ4v) is 1.94. The van der Waals surface area contributed by atoms with E-state index in [1.54, 1.807) is 44.5 Å². The van der Waals surface area contributed by atoms with Gasteiger partial charge in [0.1, 0.15) is 5.75 Å². The number of halogens is 1. The van der Waals surface area contributed by atoms with E-state index in [-0.39, 0.29) is 5.78 Å². The second-order valence-electron chi connectivity index (χ2n) is 4.00. The number of rotatable bonds is 4. The Hall–Kier alpha value is -2.00. The molecule has 0 unspecified atom stereocenters. The molecule has 0 aliphatic heterocycles. The molecular weight excluding hydrogens is 262 g/mol. The van der Waals surface area contributed by atoms with Crippen LogP contribution in [-0.4, -0.2) is 19.9 Å². The van der Waals surface area contributed by atoms with Crippen LogP contribution in [0.4, 0.5) is 5.69 Å². The number of nitrogens with one attached hydrogen (secondary N) is 1. The average Bonchev–Trinajstić information content (AvgIpc) is 2.46. The molecule has 0 aliphatic carbocycles. The molecule has 0 bridgehead atoms. The molecule has 0 aromatic heterocycles. The number of hydrogen-bond donors (Lipinski definition) is 1. The van der Waals surface area contributed by atoms with E-state index in [1.165, 1.54) is 0 Å². The summed E-state index contributed by atoms with van der Waals surface area (Å²) in [5.74, 6) is 0.580. The maximum absolute atomic E-state index is 12.5. The average molecular weight is 276 g/mol. The molecule has 0 atom stereocenters. The lowest BCUT2D eigenvalue weighted by Gasteiger charge is -2.10. The van der Waals surface area contributed by atoms with Crippen LogP contribution in [0.2, 0.25) is 5.02 Å². The molecule has 0 saturated heterocycles. The zero-order valence-electron chi connectivity index (χ0n) is 10.7. The number of hydrogen-bond acceptors (Lipinski definition) is 3. The third kappa shape index (κ3) is 2.88. The zero-order valence-corrected chi connectivity index (χ0v) is 11.5. The van der Waals surface area contributed by atoms with Crippen molar-refractivity contribution in [3.63, 3.8) is 0 Å². The highest BCUT2D eigenvalue weighted by atomic mass is 35.5. The van der Waals surface area contributed by atoms with E-state index in [1.807, 2.05) is 12.1 Å². The smallest absolute Gasteiger partial charge is 0.195 e. The molecule has 2 aromatic rings. The van der Waals surface area contributed by atoms with Crippen LogP contribution in [0.3, 0.4) is 0 Å². The van der Waals surface area contributed by atoms with Crippen LogP contribution in [-0.2, 0) is 0 Å². The van der Waals surface area contributed by atoms with Gasteiger partial charge in [-0.1, -0.05) is 11.6 Å². The van der Waals surface area contributed by atoms with E-state index >= 15 is 0 Å². The summed E-state index contributed by atoms with van der Waals surface area (Å²) in [6, 6.07) is 12.2. The SMILES string of the molecule is CNc1ccc(OC)cc1C(=O)c1ccc(Cl)cc1. The summed E-state index contributed by atoms with van der Waals surface area (Å²) in [6.45, 7) is 0. The lowest BCUT2D eigenvalue weighted by atomic mass is 10.0. The van der Waals surface area contributed by atoms with Gasteiger partial charge >= 0.3 is 0 Å². The molecule has 3 nitrogen and oxygen atoms in total. The summed E-state index contributed by atoms with van der Waals surface area (Å²) in [6.07, 6.45) is 0. The van der Waals surface area contributed by atoms with Gasteiger partial charge in [0.05, 0.1) is 7.11 Å². The molecule has 19 heavy (non-hydrogen) atoms. The van der Waals surface area contributed by atoms with Gasteiger partial charge in [-0.3, -0.25) is 4.79 Å². The maximum Gasteiger partial charge on any atom is 0.195 e. The van der Waals surface area contributed by atoms with E-state index in [9.17, 15) is 4.79 Å². The van der Waals surface area contributed by atoms with Crippen molar-refractivity contribution in [3.8, 4) is 5.75 Å².